The molecule has 7 rings (SSSR count). The molecular weight excluding hydrogens is 531 g/mol. The molecule has 4 heterocycles. The van der Waals surface area contributed by atoms with Gasteiger partial charge in [0.05, 0.1) is 17.7 Å². The second kappa shape index (κ2) is 10.5. The van der Waals surface area contributed by atoms with Crippen LogP contribution < -0.4 is 10.2 Å². The number of nitrogens with one attached hydrogen (secondary N) is 1. The van der Waals surface area contributed by atoms with Gasteiger partial charge in [-0.1, -0.05) is 24.3 Å². The summed E-state index contributed by atoms with van der Waals surface area (Å²) < 4.78 is 17.4. The standard InChI is InChI=1S/C33H35FN6O2/c1-20-25-8-4-3-6-21(25)13-15-39(20)33(42)29-17-30(22-9-10-22)40-31(36-29)18-28(37-40)26-12-11-24(16-27(26)34)38-14-5-7-23(19-38)32(41)35-2/h3-4,6,8,11-12,16-18,20,22-23H,5,7,9-10,13-15,19H2,1-2H3,(H,35,41)/t20-,23?/m1/s1. The molecule has 216 valence electrons. The fourth-order valence-corrected chi connectivity index (χ4v) is 6.64. The van der Waals surface area contributed by atoms with E-state index in [9.17, 15) is 9.59 Å². The molecule has 4 aromatic rings. The van der Waals surface area contributed by atoms with Crippen LogP contribution in [0, 0.1) is 11.7 Å². The second-order valence-corrected chi connectivity index (χ2v) is 11.8. The Hall–Kier alpha value is -4.27. The normalized spacial score (nSPS) is 20.5. The lowest BCUT2D eigenvalue weighted by Crippen LogP contribution is -2.42. The summed E-state index contributed by atoms with van der Waals surface area (Å²) in [6.07, 6.45) is 4.60. The SMILES string of the molecule is CNC(=O)C1CCCN(c2ccc(-c3cc4nc(C(=O)N5CCc6ccccc6[C@H]5C)cc(C5CC5)n4n3)c(F)c2)C1. The third kappa shape index (κ3) is 4.70. The van der Waals surface area contributed by atoms with Crippen LogP contribution in [0.25, 0.3) is 16.9 Å². The Morgan fingerprint density at radius 2 is 1.86 bits per heavy atom. The van der Waals surface area contributed by atoms with Crippen molar-refractivity contribution in [2.45, 2.75) is 51.0 Å². The van der Waals surface area contributed by atoms with Crippen LogP contribution in [-0.4, -0.2) is 58.0 Å². The first kappa shape index (κ1) is 26.6. The highest BCUT2D eigenvalue weighted by molar-refractivity contribution is 5.93. The number of hydrogen-bond donors (Lipinski definition) is 1. The maximum atomic E-state index is 15.6. The van der Waals surface area contributed by atoms with Crippen molar-refractivity contribution < 1.29 is 14.0 Å². The number of halogens is 1. The molecule has 1 N–H and O–H groups in total. The topological polar surface area (TPSA) is 82.8 Å². The average molecular weight is 567 g/mol. The van der Waals surface area contributed by atoms with Crippen LogP contribution in [0.15, 0.2) is 54.6 Å². The number of anilines is 1. The van der Waals surface area contributed by atoms with Gasteiger partial charge in [-0.3, -0.25) is 9.59 Å². The van der Waals surface area contributed by atoms with Gasteiger partial charge < -0.3 is 15.1 Å². The van der Waals surface area contributed by atoms with Crippen molar-refractivity contribution >= 4 is 23.1 Å². The lowest BCUT2D eigenvalue weighted by atomic mass is 9.93. The molecule has 0 radical (unpaired) electrons. The van der Waals surface area contributed by atoms with Crippen LogP contribution in [0.5, 0.6) is 0 Å². The predicted octanol–water partition coefficient (Wildman–Crippen LogP) is 5.13. The molecule has 1 saturated heterocycles. The van der Waals surface area contributed by atoms with Crippen LogP contribution in [0.3, 0.4) is 0 Å². The van der Waals surface area contributed by atoms with Gasteiger partial charge in [0.2, 0.25) is 5.91 Å². The largest absolute Gasteiger partial charge is 0.371 e. The van der Waals surface area contributed by atoms with E-state index in [1.807, 2.05) is 29.2 Å². The minimum Gasteiger partial charge on any atom is -0.371 e. The number of rotatable bonds is 5. The van der Waals surface area contributed by atoms with E-state index >= 15 is 4.39 Å². The summed E-state index contributed by atoms with van der Waals surface area (Å²) in [7, 11) is 1.65. The molecule has 2 fully saturated rings. The van der Waals surface area contributed by atoms with Gasteiger partial charge in [0.25, 0.3) is 5.91 Å². The van der Waals surface area contributed by atoms with Gasteiger partial charge in [0.1, 0.15) is 11.5 Å². The smallest absolute Gasteiger partial charge is 0.273 e. The Balaban J connectivity index is 1.19. The maximum Gasteiger partial charge on any atom is 0.273 e. The van der Waals surface area contributed by atoms with Gasteiger partial charge in [-0.05, 0) is 74.4 Å². The van der Waals surface area contributed by atoms with E-state index in [1.165, 1.54) is 17.2 Å². The Bertz CT molecular complexity index is 1700. The zero-order chi connectivity index (χ0) is 29.0. The molecule has 2 amide bonds. The van der Waals surface area contributed by atoms with Gasteiger partial charge in [-0.25, -0.2) is 13.9 Å². The summed E-state index contributed by atoms with van der Waals surface area (Å²) in [4.78, 5) is 34.7. The van der Waals surface area contributed by atoms with Gasteiger partial charge in [-0.15, -0.1) is 0 Å². The Morgan fingerprint density at radius 1 is 1.02 bits per heavy atom. The van der Waals surface area contributed by atoms with Crippen molar-refractivity contribution in [2.75, 3.05) is 31.6 Å². The van der Waals surface area contributed by atoms with Crippen molar-refractivity contribution in [1.82, 2.24) is 24.8 Å². The van der Waals surface area contributed by atoms with Crippen LogP contribution in [0.1, 0.15) is 71.9 Å². The Labute approximate surface area is 244 Å². The minimum atomic E-state index is -0.372. The van der Waals surface area contributed by atoms with Crippen molar-refractivity contribution in [3.63, 3.8) is 0 Å². The van der Waals surface area contributed by atoms with Crippen LogP contribution >= 0.6 is 0 Å². The van der Waals surface area contributed by atoms with Crippen molar-refractivity contribution in [2.24, 2.45) is 5.92 Å². The molecule has 1 aliphatic carbocycles. The first-order valence-corrected chi connectivity index (χ1v) is 15.0. The lowest BCUT2D eigenvalue weighted by Gasteiger charge is -2.35. The van der Waals surface area contributed by atoms with Crippen LogP contribution in [0.4, 0.5) is 10.1 Å². The number of amides is 2. The Kier molecular flexibility index (Phi) is 6.67. The number of carbonyl (C=O) groups excluding carboxylic acids is 2. The van der Waals surface area contributed by atoms with Crippen molar-refractivity contribution in [3.05, 3.63) is 82.9 Å². The summed E-state index contributed by atoms with van der Waals surface area (Å²) in [5.41, 5.74) is 6.02. The van der Waals surface area contributed by atoms with E-state index in [4.69, 9.17) is 10.1 Å². The molecule has 42 heavy (non-hydrogen) atoms. The number of carbonyl (C=O) groups is 2. The predicted molar refractivity (Wildman–Crippen MR) is 159 cm³/mol. The highest BCUT2D eigenvalue weighted by Gasteiger charge is 2.33. The van der Waals surface area contributed by atoms with Gasteiger partial charge >= 0.3 is 0 Å². The molecular formula is C33H35FN6O2. The first-order chi connectivity index (χ1) is 20.4. The quantitative estimate of drug-likeness (QED) is 0.362. The van der Waals surface area contributed by atoms with E-state index in [-0.39, 0.29) is 29.6 Å². The van der Waals surface area contributed by atoms with Crippen LogP contribution in [-0.2, 0) is 11.2 Å². The van der Waals surface area contributed by atoms with Gasteiger partial charge in [-0.2, -0.15) is 5.10 Å². The molecule has 1 saturated carbocycles. The molecule has 0 spiro atoms. The third-order valence-corrected chi connectivity index (χ3v) is 9.16. The first-order valence-electron chi connectivity index (χ1n) is 15.0. The molecule has 2 aliphatic heterocycles. The lowest BCUT2D eigenvalue weighted by molar-refractivity contribution is -0.124. The van der Waals surface area contributed by atoms with E-state index in [1.54, 1.807) is 23.7 Å². The fraction of sp³-hybridized carbons (Fsp3) is 0.394. The molecule has 2 aromatic heterocycles. The summed E-state index contributed by atoms with van der Waals surface area (Å²) in [5, 5.41) is 7.51. The van der Waals surface area contributed by atoms with Gasteiger partial charge in [0, 0.05) is 55.6 Å². The van der Waals surface area contributed by atoms with Crippen molar-refractivity contribution in [3.8, 4) is 11.3 Å². The number of nitrogens with zero attached hydrogens (tertiary/aromatic N) is 5. The number of benzene rings is 2. The summed E-state index contributed by atoms with van der Waals surface area (Å²) in [5.74, 6) is -0.220. The van der Waals surface area contributed by atoms with E-state index in [2.05, 4.69) is 29.3 Å². The van der Waals surface area contributed by atoms with Crippen LogP contribution in [0.2, 0.25) is 0 Å². The molecule has 3 aliphatic rings. The molecule has 9 heteroatoms. The molecule has 2 atom stereocenters. The summed E-state index contributed by atoms with van der Waals surface area (Å²) in [6.45, 7) is 4.07. The Morgan fingerprint density at radius 3 is 2.64 bits per heavy atom. The maximum absolute atomic E-state index is 15.6. The minimum absolute atomic E-state index is 0.0258. The van der Waals surface area contributed by atoms with E-state index < -0.39 is 0 Å². The average Bonchev–Trinajstić information content (AvgIpc) is 3.78. The molecule has 8 nitrogen and oxygen atoms in total. The van der Waals surface area contributed by atoms with E-state index in [0.29, 0.717) is 41.6 Å². The molecule has 2 aromatic carbocycles. The molecule has 1 unspecified atom stereocenters. The highest BCUT2D eigenvalue weighted by atomic mass is 19.1. The second-order valence-electron chi connectivity index (χ2n) is 11.8. The number of aromatic nitrogens is 3. The summed E-state index contributed by atoms with van der Waals surface area (Å²) in [6, 6.07) is 17.1. The zero-order valence-corrected chi connectivity index (χ0v) is 24.0. The summed E-state index contributed by atoms with van der Waals surface area (Å²) >= 11 is 0. The molecule has 0 bridgehead atoms. The van der Waals surface area contributed by atoms with E-state index in [0.717, 1.165) is 50.0 Å². The number of piperidine rings is 1. The van der Waals surface area contributed by atoms with Gasteiger partial charge in [0.15, 0.2) is 5.65 Å². The third-order valence-electron chi connectivity index (χ3n) is 9.16. The highest BCUT2D eigenvalue weighted by Crippen LogP contribution is 2.41. The van der Waals surface area contributed by atoms with Crippen molar-refractivity contribution in [1.29, 1.82) is 0 Å². The monoisotopic (exact) mass is 566 g/mol. The zero-order valence-electron chi connectivity index (χ0n) is 24.0. The number of fused-ring (bicyclic) bond motifs is 2. The number of hydrogen-bond acceptors (Lipinski definition) is 5. The fourth-order valence-electron chi connectivity index (χ4n) is 6.64.